The summed E-state index contributed by atoms with van der Waals surface area (Å²) in [7, 11) is 0. The molecule has 82 valence electrons. The predicted molar refractivity (Wildman–Crippen MR) is 52.5 cm³/mol. The summed E-state index contributed by atoms with van der Waals surface area (Å²) < 4.78 is 12.7. The highest BCUT2D eigenvalue weighted by Gasteiger charge is 2.14. The smallest absolute Gasteiger partial charge is 0.268 e. The number of amides is 1. The van der Waals surface area contributed by atoms with Crippen LogP contribution in [0.1, 0.15) is 31.1 Å². The molecule has 0 saturated carbocycles. The van der Waals surface area contributed by atoms with Crippen molar-refractivity contribution in [3.8, 4) is 0 Å². The third kappa shape index (κ3) is 4.03. The molecule has 1 amide bonds. The van der Waals surface area contributed by atoms with Gasteiger partial charge in [0.2, 0.25) is 0 Å². The van der Waals surface area contributed by atoms with E-state index in [0.717, 1.165) is 12.3 Å². The Kier molecular flexibility index (Phi) is 3.36. The van der Waals surface area contributed by atoms with Gasteiger partial charge in [0, 0.05) is 6.20 Å². The Bertz CT molecular complexity index is 361. The lowest BCUT2D eigenvalue weighted by Gasteiger charge is -2.18. The Morgan fingerprint density at radius 2 is 2.13 bits per heavy atom. The summed E-state index contributed by atoms with van der Waals surface area (Å²) in [5, 5.41) is 0. The maximum Gasteiger partial charge on any atom is 0.276 e. The van der Waals surface area contributed by atoms with Crippen molar-refractivity contribution >= 4 is 5.91 Å². The number of carbonyl (C=O) groups excluding carboxylic acids is 1. The van der Waals surface area contributed by atoms with Gasteiger partial charge < -0.3 is 0 Å². The van der Waals surface area contributed by atoms with Crippen LogP contribution in [0, 0.1) is 5.82 Å². The molecule has 1 aromatic rings. The monoisotopic (exact) mass is 212 g/mol. The number of aromatic nitrogens is 1. The van der Waals surface area contributed by atoms with E-state index < -0.39 is 17.3 Å². The van der Waals surface area contributed by atoms with Crippen molar-refractivity contribution in [3.05, 3.63) is 29.8 Å². The van der Waals surface area contributed by atoms with Crippen molar-refractivity contribution in [1.29, 1.82) is 0 Å². The fraction of sp³-hybridized carbons (Fsp3) is 0.400. The molecule has 1 rings (SSSR count). The van der Waals surface area contributed by atoms with Crippen LogP contribution in [0.4, 0.5) is 4.39 Å². The van der Waals surface area contributed by atoms with E-state index in [9.17, 15) is 9.18 Å². The summed E-state index contributed by atoms with van der Waals surface area (Å²) in [4.78, 5) is 20.0. The SMILES string of the molecule is CC(C)(C)ONC(=O)c1cncc(F)c1. The molecular formula is C10H13FN2O2. The summed E-state index contributed by atoms with van der Waals surface area (Å²) in [6.07, 6.45) is 2.30. The van der Waals surface area contributed by atoms with Crippen LogP contribution in [0.5, 0.6) is 0 Å². The van der Waals surface area contributed by atoms with Gasteiger partial charge in [0.1, 0.15) is 5.82 Å². The molecule has 0 fully saturated rings. The molecule has 0 saturated heterocycles. The Labute approximate surface area is 87.4 Å². The maximum atomic E-state index is 12.7. The van der Waals surface area contributed by atoms with Gasteiger partial charge in [0.25, 0.3) is 5.91 Å². The van der Waals surface area contributed by atoms with Gasteiger partial charge >= 0.3 is 0 Å². The molecule has 15 heavy (non-hydrogen) atoms. The Hall–Kier alpha value is -1.49. The van der Waals surface area contributed by atoms with Gasteiger partial charge in [-0.3, -0.25) is 14.6 Å². The Balaban J connectivity index is 2.62. The minimum atomic E-state index is -0.557. The van der Waals surface area contributed by atoms with E-state index in [1.165, 1.54) is 6.20 Å². The fourth-order valence-electron chi connectivity index (χ4n) is 0.794. The molecule has 0 aliphatic rings. The number of nitrogens with zero attached hydrogens (tertiary/aromatic N) is 1. The van der Waals surface area contributed by atoms with Crippen LogP contribution in [-0.2, 0) is 4.84 Å². The minimum absolute atomic E-state index is 0.124. The number of carbonyl (C=O) groups is 1. The highest BCUT2D eigenvalue weighted by molar-refractivity contribution is 5.93. The fourth-order valence-corrected chi connectivity index (χ4v) is 0.794. The molecule has 0 aliphatic heterocycles. The van der Waals surface area contributed by atoms with E-state index in [0.29, 0.717) is 0 Å². The first-order chi connectivity index (χ1) is 6.88. The minimum Gasteiger partial charge on any atom is -0.268 e. The molecule has 0 aromatic carbocycles. The number of hydrogen-bond donors (Lipinski definition) is 1. The van der Waals surface area contributed by atoms with Crippen LogP contribution in [0.15, 0.2) is 18.5 Å². The standard InChI is InChI=1S/C10H13FN2O2/c1-10(2,3)15-13-9(14)7-4-8(11)6-12-5-7/h4-6H,1-3H3,(H,13,14). The molecule has 1 heterocycles. The zero-order valence-corrected chi connectivity index (χ0v) is 8.87. The van der Waals surface area contributed by atoms with Crippen molar-refractivity contribution in [1.82, 2.24) is 10.5 Å². The van der Waals surface area contributed by atoms with Crippen molar-refractivity contribution in [2.75, 3.05) is 0 Å². The molecule has 5 heteroatoms. The van der Waals surface area contributed by atoms with E-state index in [4.69, 9.17) is 4.84 Å². The molecule has 1 aromatic heterocycles. The highest BCUT2D eigenvalue weighted by Crippen LogP contribution is 2.05. The lowest BCUT2D eigenvalue weighted by Crippen LogP contribution is -2.33. The second kappa shape index (κ2) is 4.35. The van der Waals surface area contributed by atoms with E-state index in [-0.39, 0.29) is 5.56 Å². The number of halogens is 1. The van der Waals surface area contributed by atoms with Crippen molar-refractivity contribution < 1.29 is 14.0 Å². The van der Waals surface area contributed by atoms with Gasteiger partial charge in [0.15, 0.2) is 0 Å². The van der Waals surface area contributed by atoms with Crippen molar-refractivity contribution in [2.24, 2.45) is 0 Å². The van der Waals surface area contributed by atoms with Gasteiger partial charge in [0.05, 0.1) is 17.4 Å². The molecule has 0 spiro atoms. The average molecular weight is 212 g/mol. The van der Waals surface area contributed by atoms with Gasteiger partial charge in [-0.25, -0.2) is 9.87 Å². The summed E-state index contributed by atoms with van der Waals surface area (Å²) in [5.74, 6) is -1.07. The van der Waals surface area contributed by atoms with Crippen LogP contribution in [0.25, 0.3) is 0 Å². The highest BCUT2D eigenvalue weighted by atomic mass is 19.1. The number of hydrogen-bond acceptors (Lipinski definition) is 3. The van der Waals surface area contributed by atoms with Gasteiger partial charge in [-0.15, -0.1) is 0 Å². The second-order valence-electron chi connectivity index (χ2n) is 4.04. The summed E-state index contributed by atoms with van der Waals surface area (Å²) >= 11 is 0. The third-order valence-corrected chi connectivity index (χ3v) is 1.42. The van der Waals surface area contributed by atoms with Gasteiger partial charge in [-0.1, -0.05) is 0 Å². The third-order valence-electron chi connectivity index (χ3n) is 1.42. The number of hydroxylamine groups is 1. The average Bonchev–Trinajstić information content (AvgIpc) is 2.13. The molecule has 0 aliphatic carbocycles. The summed E-state index contributed by atoms with van der Waals surface area (Å²) in [5.41, 5.74) is 1.86. The predicted octanol–water partition coefficient (Wildman–Crippen LogP) is 1.68. The molecule has 1 N–H and O–H groups in total. The van der Waals surface area contributed by atoms with E-state index in [2.05, 4.69) is 10.5 Å². The largest absolute Gasteiger partial charge is 0.276 e. The maximum absolute atomic E-state index is 12.7. The lowest BCUT2D eigenvalue weighted by atomic mass is 10.2. The number of rotatable bonds is 2. The second-order valence-corrected chi connectivity index (χ2v) is 4.04. The van der Waals surface area contributed by atoms with Crippen LogP contribution < -0.4 is 5.48 Å². The van der Waals surface area contributed by atoms with Crippen LogP contribution in [-0.4, -0.2) is 16.5 Å². The first kappa shape index (κ1) is 11.6. The molecule has 0 atom stereocenters. The van der Waals surface area contributed by atoms with Crippen LogP contribution in [0.2, 0.25) is 0 Å². The zero-order valence-electron chi connectivity index (χ0n) is 8.87. The number of nitrogens with one attached hydrogen (secondary N) is 1. The van der Waals surface area contributed by atoms with Gasteiger partial charge in [-0.05, 0) is 26.8 Å². The van der Waals surface area contributed by atoms with Crippen molar-refractivity contribution in [3.63, 3.8) is 0 Å². The summed E-state index contributed by atoms with van der Waals surface area (Å²) in [6, 6.07) is 1.09. The van der Waals surface area contributed by atoms with Crippen molar-refractivity contribution in [2.45, 2.75) is 26.4 Å². The zero-order chi connectivity index (χ0) is 11.5. The Morgan fingerprint density at radius 1 is 1.47 bits per heavy atom. The first-order valence-corrected chi connectivity index (χ1v) is 4.47. The normalized spacial score (nSPS) is 11.2. The quantitative estimate of drug-likeness (QED) is 0.759. The van der Waals surface area contributed by atoms with E-state index >= 15 is 0 Å². The lowest BCUT2D eigenvalue weighted by molar-refractivity contribution is -0.0589. The first-order valence-electron chi connectivity index (χ1n) is 4.47. The summed E-state index contributed by atoms with van der Waals surface area (Å²) in [6.45, 7) is 5.37. The van der Waals surface area contributed by atoms with E-state index in [1.807, 2.05) is 0 Å². The topological polar surface area (TPSA) is 51.2 Å². The number of pyridine rings is 1. The molecule has 0 bridgehead atoms. The van der Waals surface area contributed by atoms with Gasteiger partial charge in [-0.2, -0.15) is 0 Å². The molecule has 0 unspecified atom stereocenters. The molecule has 4 nitrogen and oxygen atoms in total. The molecule has 0 radical (unpaired) electrons. The van der Waals surface area contributed by atoms with Crippen LogP contribution in [0.3, 0.4) is 0 Å². The molecular weight excluding hydrogens is 199 g/mol. The van der Waals surface area contributed by atoms with Crippen LogP contribution >= 0.6 is 0 Å². The van der Waals surface area contributed by atoms with E-state index in [1.54, 1.807) is 20.8 Å². The Morgan fingerprint density at radius 3 is 2.67 bits per heavy atom.